The maximum Gasteiger partial charge on any atom is 0.174 e. The van der Waals surface area contributed by atoms with Gasteiger partial charge in [-0.1, -0.05) is 55.2 Å². The van der Waals surface area contributed by atoms with Gasteiger partial charge in [0.15, 0.2) is 5.11 Å². The van der Waals surface area contributed by atoms with Gasteiger partial charge in [-0.2, -0.15) is 0 Å². The summed E-state index contributed by atoms with van der Waals surface area (Å²) < 4.78 is 2.22. The zero-order valence-electron chi connectivity index (χ0n) is 23.8. The highest BCUT2D eigenvalue weighted by atomic mass is 35.5. The van der Waals surface area contributed by atoms with E-state index in [1.165, 1.54) is 6.42 Å². The smallest absolute Gasteiger partial charge is 0.174 e. The van der Waals surface area contributed by atoms with E-state index in [4.69, 9.17) is 40.4 Å². The third kappa shape index (κ3) is 5.22. The number of anilines is 2. The molecule has 6 rings (SSSR count). The molecule has 4 aromatic rings. The predicted octanol–water partition coefficient (Wildman–Crippen LogP) is 8.46. The SMILES string of the molecule is Cc1cc(C2C(c3ccccn3)NC(=S)N2c2ccc(N3CC(C)CC(C)C3)c(Cl)c2)c(C)n1-c1ccccc1Cl. The molecule has 0 bridgehead atoms. The van der Waals surface area contributed by atoms with Crippen molar-refractivity contribution in [1.29, 1.82) is 0 Å². The molecule has 4 unspecified atom stereocenters. The number of nitrogens with one attached hydrogen (secondary N) is 1. The van der Waals surface area contributed by atoms with Gasteiger partial charge in [0.2, 0.25) is 0 Å². The van der Waals surface area contributed by atoms with Crippen LogP contribution < -0.4 is 15.1 Å². The van der Waals surface area contributed by atoms with Gasteiger partial charge in [0.1, 0.15) is 0 Å². The zero-order chi connectivity index (χ0) is 28.8. The van der Waals surface area contributed by atoms with Crippen molar-refractivity contribution in [2.75, 3.05) is 22.9 Å². The maximum absolute atomic E-state index is 7.03. The topological polar surface area (TPSA) is 36.3 Å². The summed E-state index contributed by atoms with van der Waals surface area (Å²) in [7, 11) is 0. The fraction of sp³-hybridized carbons (Fsp3) is 0.333. The van der Waals surface area contributed by atoms with E-state index in [2.05, 4.69) is 83.8 Å². The molecule has 2 saturated heterocycles. The molecule has 41 heavy (non-hydrogen) atoms. The number of rotatable bonds is 5. The van der Waals surface area contributed by atoms with Gasteiger partial charge >= 0.3 is 0 Å². The summed E-state index contributed by atoms with van der Waals surface area (Å²) in [6.45, 7) is 10.9. The minimum Gasteiger partial charge on any atom is -0.370 e. The second-order valence-corrected chi connectivity index (χ2v) is 12.8. The lowest BCUT2D eigenvalue weighted by Crippen LogP contribution is -2.38. The number of hydrogen-bond donors (Lipinski definition) is 1. The van der Waals surface area contributed by atoms with E-state index in [-0.39, 0.29) is 12.1 Å². The molecule has 1 N–H and O–H groups in total. The average molecular weight is 605 g/mol. The zero-order valence-corrected chi connectivity index (χ0v) is 26.1. The number of nitrogens with zero attached hydrogens (tertiary/aromatic N) is 4. The van der Waals surface area contributed by atoms with Crippen LogP contribution in [0.2, 0.25) is 10.0 Å². The molecule has 0 saturated carbocycles. The molecule has 2 aromatic heterocycles. The van der Waals surface area contributed by atoms with Gasteiger partial charge in [-0.15, -0.1) is 0 Å². The van der Waals surface area contributed by atoms with Crippen molar-refractivity contribution in [3.63, 3.8) is 0 Å². The van der Waals surface area contributed by atoms with Crippen LogP contribution in [-0.2, 0) is 0 Å². The molecule has 2 aliphatic rings. The average Bonchev–Trinajstić information content (AvgIpc) is 3.43. The lowest BCUT2D eigenvalue weighted by Gasteiger charge is -2.37. The van der Waals surface area contributed by atoms with Crippen LogP contribution in [0, 0.1) is 25.7 Å². The maximum atomic E-state index is 7.03. The fourth-order valence-corrected chi connectivity index (χ4v) is 7.66. The van der Waals surface area contributed by atoms with E-state index in [0.29, 0.717) is 22.0 Å². The number of piperidine rings is 1. The second kappa shape index (κ2) is 11.3. The Kier molecular flexibility index (Phi) is 7.75. The Labute approximate surface area is 258 Å². The van der Waals surface area contributed by atoms with Crippen LogP contribution in [0.4, 0.5) is 11.4 Å². The Hall–Kier alpha value is -3.06. The quantitative estimate of drug-likeness (QED) is 0.231. The Morgan fingerprint density at radius 3 is 2.29 bits per heavy atom. The standard InChI is InChI=1S/C33H35Cl2N5S/c1-20-15-21(2)19-38(18-20)29-13-12-24(17-27(29)35)40-32(31(37-33(40)41)28-10-7-8-14-36-28)25-16-22(3)39(23(25)4)30-11-6-5-9-26(30)34/h5-14,16-17,20-21,31-32H,15,18-19H2,1-4H3,(H,37,41). The van der Waals surface area contributed by atoms with Crippen molar-refractivity contribution in [2.45, 2.75) is 46.2 Å². The van der Waals surface area contributed by atoms with Crippen LogP contribution in [0.3, 0.4) is 0 Å². The number of thiocarbonyl (C=S) groups is 1. The van der Waals surface area contributed by atoms with Crippen molar-refractivity contribution in [2.24, 2.45) is 11.8 Å². The first kappa shape index (κ1) is 28.1. The summed E-state index contributed by atoms with van der Waals surface area (Å²) in [6, 6.07) is 22.3. The van der Waals surface area contributed by atoms with Crippen LogP contribution in [0.15, 0.2) is 72.9 Å². The Morgan fingerprint density at radius 1 is 0.878 bits per heavy atom. The first-order chi connectivity index (χ1) is 19.7. The van der Waals surface area contributed by atoms with Crippen LogP contribution >= 0.6 is 35.4 Å². The number of pyridine rings is 1. The van der Waals surface area contributed by atoms with Crippen LogP contribution in [0.25, 0.3) is 5.69 Å². The first-order valence-electron chi connectivity index (χ1n) is 14.2. The summed E-state index contributed by atoms with van der Waals surface area (Å²) in [5, 5.41) is 5.69. The Balaban J connectivity index is 1.45. The molecule has 4 heterocycles. The Bertz CT molecular complexity index is 1580. The molecule has 0 aliphatic carbocycles. The summed E-state index contributed by atoms with van der Waals surface area (Å²) in [5.41, 5.74) is 7.30. The predicted molar refractivity (Wildman–Crippen MR) is 175 cm³/mol. The highest BCUT2D eigenvalue weighted by Gasteiger charge is 2.42. The fourth-order valence-electron chi connectivity index (χ4n) is 6.80. The molecular formula is C33H35Cl2N5S. The highest BCUT2D eigenvalue weighted by molar-refractivity contribution is 7.80. The number of aromatic nitrogens is 2. The molecular weight excluding hydrogens is 569 g/mol. The van der Waals surface area contributed by atoms with E-state index in [1.54, 1.807) is 0 Å². The van der Waals surface area contributed by atoms with Gasteiger partial charge < -0.3 is 19.7 Å². The van der Waals surface area contributed by atoms with E-state index in [1.807, 2.05) is 36.5 Å². The van der Waals surface area contributed by atoms with Crippen molar-refractivity contribution >= 4 is 51.9 Å². The largest absolute Gasteiger partial charge is 0.370 e. The number of aryl methyl sites for hydroxylation is 1. The first-order valence-corrected chi connectivity index (χ1v) is 15.4. The molecule has 0 amide bonds. The van der Waals surface area contributed by atoms with Crippen LogP contribution in [0.5, 0.6) is 0 Å². The summed E-state index contributed by atoms with van der Waals surface area (Å²) in [5.74, 6) is 1.28. The minimum atomic E-state index is -0.147. The summed E-state index contributed by atoms with van der Waals surface area (Å²) in [6.07, 6.45) is 3.09. The van der Waals surface area contributed by atoms with E-state index < -0.39 is 0 Å². The van der Waals surface area contributed by atoms with Gasteiger partial charge in [0.05, 0.1) is 39.2 Å². The molecule has 0 radical (unpaired) electrons. The van der Waals surface area contributed by atoms with Crippen molar-refractivity contribution in [3.05, 3.63) is 106 Å². The number of hydrogen-bond acceptors (Lipinski definition) is 3. The van der Waals surface area contributed by atoms with E-state index >= 15 is 0 Å². The number of para-hydroxylation sites is 1. The molecule has 4 atom stereocenters. The lowest BCUT2D eigenvalue weighted by molar-refractivity contribution is 0.357. The van der Waals surface area contributed by atoms with Gasteiger partial charge in [-0.25, -0.2) is 0 Å². The van der Waals surface area contributed by atoms with Crippen LogP contribution in [-0.4, -0.2) is 27.8 Å². The third-order valence-corrected chi connectivity index (χ3v) is 9.34. The lowest BCUT2D eigenvalue weighted by atomic mass is 9.91. The van der Waals surface area contributed by atoms with E-state index in [0.717, 1.165) is 57.8 Å². The van der Waals surface area contributed by atoms with E-state index in [9.17, 15) is 0 Å². The molecule has 212 valence electrons. The van der Waals surface area contributed by atoms with Crippen molar-refractivity contribution in [3.8, 4) is 5.69 Å². The van der Waals surface area contributed by atoms with Crippen molar-refractivity contribution < 1.29 is 0 Å². The summed E-state index contributed by atoms with van der Waals surface area (Å²) >= 11 is 19.7. The number of benzene rings is 2. The third-order valence-electron chi connectivity index (χ3n) is 8.40. The molecule has 2 fully saturated rings. The monoisotopic (exact) mass is 603 g/mol. The highest BCUT2D eigenvalue weighted by Crippen LogP contribution is 2.45. The van der Waals surface area contributed by atoms with Crippen molar-refractivity contribution in [1.82, 2.24) is 14.9 Å². The molecule has 2 aliphatic heterocycles. The van der Waals surface area contributed by atoms with Gasteiger partial charge in [-0.05, 0) is 98.4 Å². The normalized spacial score (nSPS) is 22.7. The summed E-state index contributed by atoms with van der Waals surface area (Å²) in [4.78, 5) is 9.35. The van der Waals surface area contributed by atoms with Gasteiger partial charge in [0.25, 0.3) is 0 Å². The second-order valence-electron chi connectivity index (χ2n) is 11.6. The van der Waals surface area contributed by atoms with Crippen LogP contribution in [0.1, 0.15) is 55.0 Å². The minimum absolute atomic E-state index is 0.142. The number of halogens is 2. The molecule has 5 nitrogen and oxygen atoms in total. The molecule has 2 aromatic carbocycles. The molecule has 8 heteroatoms. The van der Waals surface area contributed by atoms with Gasteiger partial charge in [-0.3, -0.25) is 4.98 Å². The van der Waals surface area contributed by atoms with Gasteiger partial charge in [0, 0.05) is 36.4 Å². The Morgan fingerprint density at radius 2 is 1.61 bits per heavy atom. The molecule has 0 spiro atoms.